The van der Waals surface area contributed by atoms with E-state index in [-0.39, 0.29) is 24.8 Å². The van der Waals surface area contributed by atoms with E-state index in [9.17, 15) is 19.8 Å². The number of H-pyrrole nitrogens is 1. The number of halogens is 2. The number of fused-ring (bicyclic) bond motifs is 2. The van der Waals surface area contributed by atoms with Gasteiger partial charge < -0.3 is 19.8 Å². The summed E-state index contributed by atoms with van der Waals surface area (Å²) in [5, 5.41) is 21.1. The number of likely N-dealkylation sites (tertiary alicyclic amines) is 1. The van der Waals surface area contributed by atoms with Crippen molar-refractivity contribution in [2.24, 2.45) is 18.9 Å². The van der Waals surface area contributed by atoms with E-state index in [1.807, 2.05) is 25.1 Å². The van der Waals surface area contributed by atoms with E-state index >= 15 is 0 Å². The molecule has 2 aliphatic rings. The van der Waals surface area contributed by atoms with Gasteiger partial charge in [-0.25, -0.2) is 4.79 Å². The monoisotopic (exact) mass is 674 g/mol. The molecule has 1 saturated heterocycles. The number of benzene rings is 3. The molecule has 2 fully saturated rings. The van der Waals surface area contributed by atoms with Crippen LogP contribution in [0.5, 0.6) is 5.75 Å². The van der Waals surface area contributed by atoms with Crippen molar-refractivity contribution < 1.29 is 15.0 Å². The SMILES string of the molecule is CCc1c(-c2ccc3c(c2)cc(CN2C[C@@H]4C(N(Cc5ccccc5)Cc5ccccc5)[C@@H]4C2)n3C)[nH]c(=O)c(C(=O)O)c1O.Cl.Cl. The molecular formula is C37H40Cl2N4O4. The number of aromatic carboxylic acids is 1. The molecule has 0 amide bonds. The predicted molar refractivity (Wildman–Crippen MR) is 190 cm³/mol. The van der Waals surface area contributed by atoms with Gasteiger partial charge in [0.15, 0.2) is 5.56 Å². The van der Waals surface area contributed by atoms with Crippen molar-refractivity contribution in [3.05, 3.63) is 123 Å². The number of nitrogens with one attached hydrogen (secondary N) is 1. The minimum atomic E-state index is -1.44. The van der Waals surface area contributed by atoms with Crippen LogP contribution in [0, 0.1) is 11.8 Å². The van der Waals surface area contributed by atoms with E-state index in [1.165, 1.54) is 16.8 Å². The maximum atomic E-state index is 12.5. The van der Waals surface area contributed by atoms with Crippen LogP contribution in [0.25, 0.3) is 22.2 Å². The summed E-state index contributed by atoms with van der Waals surface area (Å²) in [5.74, 6) is -0.562. The van der Waals surface area contributed by atoms with E-state index in [0.29, 0.717) is 35.6 Å². The van der Waals surface area contributed by atoms with Crippen molar-refractivity contribution in [3.8, 4) is 17.0 Å². The van der Waals surface area contributed by atoms with Crippen LogP contribution >= 0.6 is 24.8 Å². The number of aromatic hydroxyl groups is 1. The first-order valence-corrected chi connectivity index (χ1v) is 15.7. The second kappa shape index (κ2) is 14.0. The molecule has 3 aromatic carbocycles. The van der Waals surface area contributed by atoms with Crippen molar-refractivity contribution in [2.45, 2.75) is 39.0 Å². The highest BCUT2D eigenvalue weighted by Gasteiger charge is 2.57. The number of hydrogen-bond acceptors (Lipinski definition) is 5. The van der Waals surface area contributed by atoms with Crippen LogP contribution in [0.15, 0.2) is 89.7 Å². The van der Waals surface area contributed by atoms with E-state index in [0.717, 1.165) is 49.2 Å². The summed E-state index contributed by atoms with van der Waals surface area (Å²) in [4.78, 5) is 32.0. The summed E-state index contributed by atoms with van der Waals surface area (Å²) in [5.41, 5.74) is 5.20. The molecule has 1 aliphatic carbocycles. The largest absolute Gasteiger partial charge is 0.506 e. The number of carbonyl (C=O) groups is 1. The number of aryl methyl sites for hydroxylation is 1. The van der Waals surface area contributed by atoms with Gasteiger partial charge in [-0.2, -0.15) is 0 Å². The fourth-order valence-electron chi connectivity index (χ4n) is 7.52. The van der Waals surface area contributed by atoms with Gasteiger partial charge in [-0.1, -0.05) is 73.7 Å². The average Bonchev–Trinajstić information content (AvgIpc) is 3.36. The van der Waals surface area contributed by atoms with Crippen LogP contribution in [0.2, 0.25) is 0 Å². The van der Waals surface area contributed by atoms with Crippen LogP contribution in [0.4, 0.5) is 0 Å². The number of nitrogens with zero attached hydrogens (tertiary/aromatic N) is 3. The molecule has 1 aliphatic heterocycles. The van der Waals surface area contributed by atoms with E-state index in [4.69, 9.17) is 0 Å². The molecule has 0 radical (unpaired) electrons. The Balaban J connectivity index is 0.00000217. The van der Waals surface area contributed by atoms with Crippen molar-refractivity contribution >= 4 is 41.7 Å². The maximum Gasteiger partial charge on any atom is 0.345 e. The molecule has 47 heavy (non-hydrogen) atoms. The Morgan fingerprint density at radius 3 is 2.06 bits per heavy atom. The predicted octanol–water partition coefficient (Wildman–Crippen LogP) is 6.48. The third-order valence-electron chi connectivity index (χ3n) is 9.78. The summed E-state index contributed by atoms with van der Waals surface area (Å²) in [6, 6.07) is 30.3. The van der Waals surface area contributed by atoms with Gasteiger partial charge in [0.2, 0.25) is 0 Å². The Morgan fingerprint density at radius 1 is 0.915 bits per heavy atom. The second-order valence-electron chi connectivity index (χ2n) is 12.5. The molecule has 1 saturated carbocycles. The van der Waals surface area contributed by atoms with Gasteiger partial charge in [-0.05, 0) is 53.1 Å². The zero-order valence-corrected chi connectivity index (χ0v) is 28.1. The van der Waals surface area contributed by atoms with Gasteiger partial charge in [-0.3, -0.25) is 14.6 Å². The van der Waals surface area contributed by atoms with Crippen LogP contribution in [0.3, 0.4) is 0 Å². The molecule has 10 heteroatoms. The third kappa shape index (κ3) is 6.56. The van der Waals surface area contributed by atoms with Gasteiger partial charge in [0.25, 0.3) is 5.56 Å². The fourth-order valence-corrected chi connectivity index (χ4v) is 7.52. The summed E-state index contributed by atoms with van der Waals surface area (Å²) < 4.78 is 2.23. The summed E-state index contributed by atoms with van der Waals surface area (Å²) in [7, 11) is 2.09. The molecular weight excluding hydrogens is 635 g/mol. The standard InChI is InChI=1S/C37H38N4O4.2ClH/c1-3-28-33(38-36(43)32(35(28)42)37(44)45)25-14-15-31-26(16-25)17-27(39(31)2)20-40-21-29-30(22-40)34(29)41(18-23-10-6-4-7-11-23)19-24-12-8-5-9-13-24;;/h4-17,29-30,34H,3,18-22H2,1-2H3,(H,44,45)(H2,38,42,43);2*1H/t29-,30+,34?;;. The lowest BCUT2D eigenvalue weighted by Crippen LogP contribution is -2.34. The summed E-state index contributed by atoms with van der Waals surface area (Å²) >= 11 is 0. The number of aromatic nitrogens is 2. The number of hydrogen-bond donors (Lipinski definition) is 3. The quantitative estimate of drug-likeness (QED) is 0.157. The molecule has 8 nitrogen and oxygen atoms in total. The van der Waals surface area contributed by atoms with Crippen LogP contribution in [0.1, 0.15) is 39.7 Å². The number of carboxylic acid groups (broad SMARTS) is 1. The molecule has 246 valence electrons. The first kappa shape index (κ1) is 34.3. The molecule has 5 aromatic rings. The second-order valence-corrected chi connectivity index (χ2v) is 12.5. The molecule has 0 bridgehead atoms. The number of carboxylic acids is 1. The number of rotatable bonds is 10. The van der Waals surface area contributed by atoms with E-state index in [1.54, 1.807) is 0 Å². The first-order chi connectivity index (χ1) is 21.8. The highest BCUT2D eigenvalue weighted by Crippen LogP contribution is 2.50. The Kier molecular flexibility index (Phi) is 10.2. The minimum absolute atomic E-state index is 0. The normalized spacial score (nSPS) is 18.5. The lowest BCUT2D eigenvalue weighted by atomic mass is 9.99. The molecule has 1 unspecified atom stereocenters. The van der Waals surface area contributed by atoms with Crippen molar-refractivity contribution in [1.29, 1.82) is 0 Å². The van der Waals surface area contributed by atoms with Gasteiger partial charge in [0.1, 0.15) is 5.75 Å². The lowest BCUT2D eigenvalue weighted by molar-refractivity contribution is 0.0691. The molecule has 0 spiro atoms. The van der Waals surface area contributed by atoms with Gasteiger partial charge in [-0.15, -0.1) is 24.8 Å². The van der Waals surface area contributed by atoms with Gasteiger partial charge >= 0.3 is 5.97 Å². The van der Waals surface area contributed by atoms with Crippen LogP contribution in [-0.2, 0) is 33.1 Å². The smallest absolute Gasteiger partial charge is 0.345 e. The molecule has 3 N–H and O–H groups in total. The topological polar surface area (TPSA) is 102 Å². The summed E-state index contributed by atoms with van der Waals surface area (Å²) in [6.45, 7) is 6.77. The molecule has 7 rings (SSSR count). The Hall–Kier alpha value is -4.08. The lowest BCUT2D eigenvalue weighted by Gasteiger charge is -2.28. The molecule has 2 aromatic heterocycles. The van der Waals surface area contributed by atoms with E-state index in [2.05, 4.69) is 93.1 Å². The highest BCUT2D eigenvalue weighted by atomic mass is 35.5. The molecule has 3 atom stereocenters. The minimum Gasteiger partial charge on any atom is -0.506 e. The Bertz CT molecular complexity index is 1890. The Morgan fingerprint density at radius 2 is 1.51 bits per heavy atom. The average molecular weight is 676 g/mol. The van der Waals surface area contributed by atoms with Crippen molar-refractivity contribution in [2.75, 3.05) is 13.1 Å². The number of aromatic amines is 1. The van der Waals surface area contributed by atoms with Gasteiger partial charge in [0.05, 0.1) is 5.69 Å². The first-order valence-electron chi connectivity index (χ1n) is 15.7. The fraction of sp³-hybridized carbons (Fsp3) is 0.297. The number of piperidine rings is 1. The number of pyridine rings is 1. The van der Waals surface area contributed by atoms with Gasteiger partial charge in [0, 0.05) is 68.0 Å². The summed E-state index contributed by atoms with van der Waals surface area (Å²) in [6.07, 6.45) is 0.378. The maximum absolute atomic E-state index is 12.5. The van der Waals surface area contributed by atoms with Crippen molar-refractivity contribution in [1.82, 2.24) is 19.4 Å². The highest BCUT2D eigenvalue weighted by molar-refractivity contribution is 5.92. The zero-order valence-electron chi connectivity index (χ0n) is 26.4. The van der Waals surface area contributed by atoms with Crippen LogP contribution < -0.4 is 5.56 Å². The van der Waals surface area contributed by atoms with Crippen molar-refractivity contribution in [3.63, 3.8) is 0 Å². The zero-order chi connectivity index (χ0) is 31.2. The molecule has 3 heterocycles. The van der Waals surface area contributed by atoms with E-state index < -0.39 is 22.8 Å². The third-order valence-corrected chi connectivity index (χ3v) is 9.78. The van der Waals surface area contributed by atoms with Crippen LogP contribution in [-0.4, -0.2) is 54.7 Å². The Labute approximate surface area is 286 Å².